The Labute approximate surface area is 265 Å². The normalized spacial score (nSPS) is 11.6. The molecule has 3 aromatic heterocycles. The number of rotatable bonds is 5. The minimum Gasteiger partial charge on any atom is -0.507 e. The molecular formula is C37H31N4OPt-. The molecule has 0 fully saturated rings. The number of aromatic hydroxyl groups is 1. The molecule has 216 valence electrons. The molecule has 0 aliphatic heterocycles. The van der Waals surface area contributed by atoms with E-state index in [1.165, 1.54) is 11.1 Å². The zero-order valence-corrected chi connectivity index (χ0v) is 26.7. The van der Waals surface area contributed by atoms with Gasteiger partial charge in [-0.25, -0.2) is 9.97 Å². The van der Waals surface area contributed by atoms with Crippen LogP contribution in [0.4, 0.5) is 0 Å². The van der Waals surface area contributed by atoms with E-state index in [1.807, 2.05) is 48.5 Å². The molecule has 7 rings (SSSR count). The van der Waals surface area contributed by atoms with Crippen LogP contribution in [0.2, 0.25) is 0 Å². The van der Waals surface area contributed by atoms with Crippen molar-refractivity contribution in [2.45, 2.75) is 39.5 Å². The molecule has 0 spiro atoms. The maximum absolute atomic E-state index is 10.8. The van der Waals surface area contributed by atoms with Gasteiger partial charge >= 0.3 is 0 Å². The van der Waals surface area contributed by atoms with Gasteiger partial charge in [-0.05, 0) is 46.0 Å². The summed E-state index contributed by atoms with van der Waals surface area (Å²) >= 11 is 0. The van der Waals surface area contributed by atoms with E-state index in [1.54, 1.807) is 12.3 Å². The topological polar surface area (TPSA) is 63.8 Å². The third-order valence-electron chi connectivity index (χ3n) is 8.03. The first-order valence-electron chi connectivity index (χ1n) is 14.4. The molecule has 6 heteroatoms. The second kappa shape index (κ2) is 11.4. The van der Waals surface area contributed by atoms with Crippen LogP contribution in [0.3, 0.4) is 0 Å². The molecular weight excluding hydrogens is 712 g/mol. The molecule has 0 radical (unpaired) electrons. The van der Waals surface area contributed by atoms with Crippen LogP contribution in [0.25, 0.3) is 61.0 Å². The monoisotopic (exact) mass is 742 g/mol. The van der Waals surface area contributed by atoms with Crippen LogP contribution in [-0.2, 0) is 21.1 Å². The molecule has 0 aliphatic rings. The first kappa shape index (κ1) is 28.8. The molecule has 1 N–H and O–H groups in total. The number of fused-ring (bicyclic) bond motifs is 4. The first-order chi connectivity index (χ1) is 20.4. The summed E-state index contributed by atoms with van der Waals surface area (Å²) in [7, 11) is 0. The smallest absolute Gasteiger partial charge is 0.125 e. The molecule has 0 atom stereocenters. The number of benzene rings is 4. The average molecular weight is 743 g/mol. The molecule has 4 aromatic carbocycles. The summed E-state index contributed by atoms with van der Waals surface area (Å²) in [6.45, 7) is 8.94. The van der Waals surface area contributed by atoms with E-state index in [9.17, 15) is 5.11 Å². The summed E-state index contributed by atoms with van der Waals surface area (Å²) in [4.78, 5) is 15.0. The minimum absolute atomic E-state index is 0. The molecule has 0 aliphatic carbocycles. The van der Waals surface area contributed by atoms with Crippen LogP contribution in [0.1, 0.15) is 50.7 Å². The van der Waals surface area contributed by atoms with Crippen molar-refractivity contribution in [2.24, 2.45) is 0 Å². The van der Waals surface area contributed by atoms with Gasteiger partial charge in [0.05, 0.1) is 16.9 Å². The minimum atomic E-state index is 0. The number of nitrogens with zero attached hydrogens (tertiary/aromatic N) is 4. The average Bonchev–Trinajstić information content (AvgIpc) is 3.45. The third-order valence-corrected chi connectivity index (χ3v) is 8.03. The number of hydrogen-bond donors (Lipinski definition) is 1. The van der Waals surface area contributed by atoms with E-state index >= 15 is 0 Å². The fraction of sp³-hybridized carbons (Fsp3) is 0.162. The molecule has 3 heterocycles. The maximum atomic E-state index is 10.8. The van der Waals surface area contributed by atoms with Crippen LogP contribution in [0.5, 0.6) is 5.75 Å². The summed E-state index contributed by atoms with van der Waals surface area (Å²) in [6, 6.07) is 31.7. The van der Waals surface area contributed by atoms with Crippen molar-refractivity contribution < 1.29 is 26.2 Å². The molecule has 0 saturated carbocycles. The van der Waals surface area contributed by atoms with Gasteiger partial charge in [0.25, 0.3) is 0 Å². The quantitative estimate of drug-likeness (QED) is 0.141. The number of aromatic nitrogens is 4. The van der Waals surface area contributed by atoms with Crippen molar-refractivity contribution in [3.05, 3.63) is 115 Å². The number of hydrogen-bond acceptors (Lipinski definition) is 4. The Kier molecular flexibility index (Phi) is 7.62. The van der Waals surface area contributed by atoms with Crippen LogP contribution in [0.15, 0.2) is 97.3 Å². The fourth-order valence-electron chi connectivity index (χ4n) is 5.96. The Bertz CT molecular complexity index is 2100. The van der Waals surface area contributed by atoms with Crippen LogP contribution in [0, 0.1) is 6.07 Å². The predicted molar refractivity (Wildman–Crippen MR) is 171 cm³/mol. The van der Waals surface area contributed by atoms with Gasteiger partial charge in [0.2, 0.25) is 0 Å². The van der Waals surface area contributed by atoms with Gasteiger partial charge in [0, 0.05) is 38.0 Å². The standard InChI is InChI=1S/C37H31N4O.Pt/c1-22(2)26-10-6-11-27(23(3)4)36(26)41-21-32(40-37(41)29-12-7-14-30-28(29)13-8-20-38-30)31-19-18-25-17-16-24-9-5-15-33(42)34(24)35(25)39-31;/h5-12,14-23,42H,1-4H3;/q-1;. The first-order valence-corrected chi connectivity index (χ1v) is 14.4. The van der Waals surface area contributed by atoms with Crippen molar-refractivity contribution in [2.75, 3.05) is 0 Å². The molecule has 43 heavy (non-hydrogen) atoms. The van der Waals surface area contributed by atoms with Crippen molar-refractivity contribution in [1.29, 1.82) is 0 Å². The van der Waals surface area contributed by atoms with Crippen molar-refractivity contribution in [1.82, 2.24) is 19.5 Å². The van der Waals surface area contributed by atoms with E-state index in [0.29, 0.717) is 11.8 Å². The van der Waals surface area contributed by atoms with Gasteiger partial charge in [0.1, 0.15) is 17.3 Å². The van der Waals surface area contributed by atoms with Gasteiger partial charge in [-0.1, -0.05) is 106 Å². The summed E-state index contributed by atoms with van der Waals surface area (Å²) in [5.41, 5.74) is 7.77. The maximum Gasteiger partial charge on any atom is 0.125 e. The molecule has 0 unspecified atom stereocenters. The third kappa shape index (κ3) is 4.92. The summed E-state index contributed by atoms with van der Waals surface area (Å²) in [6.07, 6.45) is 3.88. The molecule has 0 saturated heterocycles. The van der Waals surface area contributed by atoms with E-state index in [0.717, 1.165) is 61.0 Å². The summed E-state index contributed by atoms with van der Waals surface area (Å²) in [5.74, 6) is 1.66. The van der Waals surface area contributed by atoms with E-state index < -0.39 is 0 Å². The number of phenolic OH excluding ortho intramolecular Hbond substituents is 1. The Balaban J connectivity index is 0.00000329. The summed E-state index contributed by atoms with van der Waals surface area (Å²) < 4.78 is 2.24. The second-order valence-corrected chi connectivity index (χ2v) is 11.4. The van der Waals surface area contributed by atoms with Gasteiger partial charge in [-0.3, -0.25) is 0 Å². The summed E-state index contributed by atoms with van der Waals surface area (Å²) in [5, 5.41) is 14.4. The Morgan fingerprint density at radius 2 is 1.44 bits per heavy atom. The largest absolute Gasteiger partial charge is 0.507 e. The Hall–Kier alpha value is -4.34. The van der Waals surface area contributed by atoms with Crippen LogP contribution >= 0.6 is 0 Å². The van der Waals surface area contributed by atoms with Crippen molar-refractivity contribution in [3.8, 4) is 34.2 Å². The molecule has 0 bridgehead atoms. The zero-order valence-electron chi connectivity index (χ0n) is 24.4. The van der Waals surface area contributed by atoms with Crippen molar-refractivity contribution >= 4 is 32.6 Å². The van der Waals surface area contributed by atoms with E-state index in [4.69, 9.17) is 9.97 Å². The van der Waals surface area contributed by atoms with Gasteiger partial charge in [-0.15, -0.1) is 17.5 Å². The number of phenols is 1. The van der Waals surface area contributed by atoms with Gasteiger partial charge < -0.3 is 14.7 Å². The second-order valence-electron chi connectivity index (χ2n) is 11.4. The van der Waals surface area contributed by atoms with Crippen molar-refractivity contribution in [3.63, 3.8) is 0 Å². The number of imidazole rings is 1. The number of para-hydroxylation sites is 1. The Morgan fingerprint density at radius 3 is 2.21 bits per heavy atom. The van der Waals surface area contributed by atoms with Gasteiger partial charge in [-0.2, -0.15) is 0 Å². The fourth-order valence-corrected chi connectivity index (χ4v) is 5.96. The van der Waals surface area contributed by atoms with Crippen LogP contribution in [-0.4, -0.2) is 24.6 Å². The van der Waals surface area contributed by atoms with E-state index in [-0.39, 0.29) is 26.8 Å². The molecule has 5 nitrogen and oxygen atoms in total. The van der Waals surface area contributed by atoms with Crippen LogP contribution < -0.4 is 0 Å². The number of pyridine rings is 2. The van der Waals surface area contributed by atoms with E-state index in [2.05, 4.69) is 79.8 Å². The zero-order chi connectivity index (χ0) is 29.0. The van der Waals surface area contributed by atoms with Gasteiger partial charge in [0.15, 0.2) is 0 Å². The Morgan fingerprint density at radius 1 is 0.744 bits per heavy atom. The SMILES string of the molecule is CC(C)c1cccc(C(C)C)c1-n1cc(-c2ccc3ccc4cccc(O)c4c3n2)nc1-c1cccc2ncc[c-]c12.[Pt]. The predicted octanol–water partition coefficient (Wildman–Crippen LogP) is 9.21. The molecule has 7 aromatic rings. The molecule has 0 amide bonds.